The Morgan fingerprint density at radius 3 is 1.73 bits per heavy atom. The van der Waals surface area contributed by atoms with Crippen molar-refractivity contribution < 1.29 is 26.5 Å². The molecule has 0 saturated heterocycles. The fraction of sp³-hybridized carbons (Fsp3) is 0.174. The van der Waals surface area contributed by atoms with E-state index in [2.05, 4.69) is 0 Å². The summed E-state index contributed by atoms with van der Waals surface area (Å²) in [6, 6.07) is 18.3. The molecule has 1 aliphatic heterocycles. The van der Waals surface area contributed by atoms with Gasteiger partial charge in [-0.15, -0.1) is 0 Å². The summed E-state index contributed by atoms with van der Waals surface area (Å²) in [7, 11) is 0. The summed E-state index contributed by atoms with van der Waals surface area (Å²) >= 11 is 0. The van der Waals surface area contributed by atoms with E-state index in [0.29, 0.717) is 13.1 Å². The van der Waals surface area contributed by atoms with Crippen LogP contribution in [0.1, 0.15) is 16.7 Å². The zero-order valence-electron chi connectivity index (χ0n) is 15.9. The molecule has 0 spiro atoms. The molecule has 0 fully saturated rings. The molecule has 0 amide bonds. The molecule has 0 saturated carbocycles. The van der Waals surface area contributed by atoms with Crippen molar-refractivity contribution in [3.63, 3.8) is 0 Å². The number of nitrogens with zero attached hydrogens (tertiary/aromatic N) is 2. The quantitative estimate of drug-likeness (QED) is 0.249. The van der Waals surface area contributed by atoms with Crippen molar-refractivity contribution in [2.75, 3.05) is 13.1 Å². The highest BCUT2D eigenvalue weighted by molar-refractivity contribution is 5.96. The van der Waals surface area contributed by atoms with E-state index >= 15 is 0 Å². The van der Waals surface area contributed by atoms with Gasteiger partial charge < -0.3 is 0 Å². The molecule has 2 nitrogen and oxygen atoms in total. The monoisotopic (exact) mass is 417 g/mol. The Bertz CT molecular complexity index is 1070. The molecular weight excluding hydrogens is 399 g/mol. The second-order valence-electron chi connectivity index (χ2n) is 7.08. The third-order valence-corrected chi connectivity index (χ3v) is 5.10. The summed E-state index contributed by atoms with van der Waals surface area (Å²) in [4.78, 5) is 1.65. The van der Waals surface area contributed by atoms with E-state index in [1.54, 1.807) is 9.48 Å². The van der Waals surface area contributed by atoms with Crippen molar-refractivity contribution in [1.82, 2.24) is 4.90 Å². The van der Waals surface area contributed by atoms with E-state index < -0.39 is 34.6 Å². The first kappa shape index (κ1) is 20.1. The summed E-state index contributed by atoms with van der Waals surface area (Å²) < 4.78 is 72.5. The van der Waals surface area contributed by atoms with Gasteiger partial charge in [-0.1, -0.05) is 60.7 Å². The molecule has 0 atom stereocenters. The molecule has 7 heteroatoms. The number of rotatable bonds is 5. The Morgan fingerprint density at radius 2 is 1.17 bits per heavy atom. The van der Waals surface area contributed by atoms with Gasteiger partial charge >= 0.3 is 0 Å². The predicted molar refractivity (Wildman–Crippen MR) is 102 cm³/mol. The minimum absolute atomic E-state index is 0.00416. The molecule has 3 aromatic rings. The first-order valence-corrected chi connectivity index (χ1v) is 9.44. The van der Waals surface area contributed by atoms with Gasteiger partial charge in [0.25, 0.3) is 5.84 Å². The molecule has 0 unspecified atom stereocenters. The Labute approximate surface area is 170 Å². The lowest BCUT2D eigenvalue weighted by atomic mass is 10.1. The van der Waals surface area contributed by atoms with E-state index in [1.807, 2.05) is 60.7 Å². The lowest BCUT2D eigenvalue weighted by Gasteiger charge is -2.16. The van der Waals surface area contributed by atoms with Crippen LogP contribution in [0.2, 0.25) is 0 Å². The molecule has 0 aromatic heterocycles. The molecule has 1 heterocycles. The average molecular weight is 417 g/mol. The summed E-state index contributed by atoms with van der Waals surface area (Å²) in [5.41, 5.74) is 0.830. The van der Waals surface area contributed by atoms with Crippen LogP contribution in [0.5, 0.6) is 0 Å². The van der Waals surface area contributed by atoms with Crippen molar-refractivity contribution in [2.45, 2.75) is 13.1 Å². The van der Waals surface area contributed by atoms with Crippen LogP contribution in [0.25, 0.3) is 0 Å². The third-order valence-electron chi connectivity index (χ3n) is 5.10. The van der Waals surface area contributed by atoms with Gasteiger partial charge in [-0.05, 0) is 11.1 Å². The van der Waals surface area contributed by atoms with Gasteiger partial charge in [0.15, 0.2) is 23.3 Å². The van der Waals surface area contributed by atoms with E-state index in [-0.39, 0.29) is 18.9 Å². The first-order valence-electron chi connectivity index (χ1n) is 9.44. The molecular formula is C23H18F5N2+. The number of benzene rings is 3. The SMILES string of the molecule is Fc1c(F)c(F)c(C2=[N+](Cc3ccccc3)CCN2Cc2ccccc2)c(F)c1F. The molecule has 154 valence electrons. The molecule has 0 aliphatic carbocycles. The number of hydrogen-bond donors (Lipinski definition) is 0. The van der Waals surface area contributed by atoms with Crippen LogP contribution >= 0.6 is 0 Å². The average Bonchev–Trinajstić information content (AvgIpc) is 3.14. The molecule has 0 N–H and O–H groups in total. The van der Waals surface area contributed by atoms with Crippen LogP contribution in [-0.4, -0.2) is 28.4 Å². The lowest BCUT2D eigenvalue weighted by molar-refractivity contribution is -0.534. The minimum atomic E-state index is -2.16. The van der Waals surface area contributed by atoms with Crippen molar-refractivity contribution in [1.29, 1.82) is 0 Å². The number of amidine groups is 1. The van der Waals surface area contributed by atoms with Crippen molar-refractivity contribution in [3.05, 3.63) is 106 Å². The second kappa shape index (κ2) is 8.26. The van der Waals surface area contributed by atoms with Gasteiger partial charge in [0.1, 0.15) is 31.7 Å². The Balaban J connectivity index is 1.85. The summed E-state index contributed by atoms with van der Waals surface area (Å²) in [5, 5.41) is 0. The van der Waals surface area contributed by atoms with Crippen molar-refractivity contribution in [3.8, 4) is 0 Å². The maximum absolute atomic E-state index is 14.7. The number of halogens is 5. The van der Waals surface area contributed by atoms with E-state index in [4.69, 9.17) is 0 Å². The smallest absolute Gasteiger partial charge is 0.253 e. The summed E-state index contributed by atoms with van der Waals surface area (Å²) in [6.07, 6.45) is 0. The van der Waals surface area contributed by atoms with Crippen LogP contribution in [0.4, 0.5) is 22.0 Å². The molecule has 0 bridgehead atoms. The maximum Gasteiger partial charge on any atom is 0.286 e. The lowest BCUT2D eigenvalue weighted by Crippen LogP contribution is -2.32. The third kappa shape index (κ3) is 3.67. The van der Waals surface area contributed by atoms with Gasteiger partial charge in [0, 0.05) is 0 Å². The van der Waals surface area contributed by atoms with E-state index in [1.165, 1.54) is 0 Å². The fourth-order valence-electron chi connectivity index (χ4n) is 3.69. The van der Waals surface area contributed by atoms with Gasteiger partial charge in [-0.3, -0.25) is 9.48 Å². The highest BCUT2D eigenvalue weighted by Crippen LogP contribution is 2.27. The van der Waals surface area contributed by atoms with E-state index in [0.717, 1.165) is 11.1 Å². The van der Waals surface area contributed by atoms with Crippen LogP contribution in [0, 0.1) is 29.1 Å². The van der Waals surface area contributed by atoms with Crippen LogP contribution in [-0.2, 0) is 13.1 Å². The van der Waals surface area contributed by atoms with Gasteiger partial charge in [-0.25, -0.2) is 22.0 Å². The van der Waals surface area contributed by atoms with Gasteiger partial charge in [0.2, 0.25) is 5.82 Å². The highest BCUT2D eigenvalue weighted by Gasteiger charge is 2.39. The van der Waals surface area contributed by atoms with Gasteiger partial charge in [-0.2, -0.15) is 0 Å². The zero-order valence-corrected chi connectivity index (χ0v) is 15.9. The first-order chi connectivity index (χ1) is 14.5. The molecule has 1 aliphatic rings. The standard InChI is InChI=1S/C23H18F5N2/c24-18-17(19(25)21(27)22(28)20(18)26)23-29(13-15-7-3-1-4-8-15)11-12-30(23)14-16-9-5-2-6-10-16/h1-10H,11-14H2/q+1. The molecule has 0 radical (unpaired) electrons. The van der Waals surface area contributed by atoms with Gasteiger partial charge in [0.05, 0.1) is 0 Å². The topological polar surface area (TPSA) is 6.25 Å². The Hall–Kier alpha value is -3.22. The summed E-state index contributed by atoms with van der Waals surface area (Å²) in [5.74, 6) is -9.68. The molecule has 30 heavy (non-hydrogen) atoms. The normalized spacial score (nSPS) is 14.0. The zero-order chi connectivity index (χ0) is 21.3. The molecule has 4 rings (SSSR count). The van der Waals surface area contributed by atoms with Crippen LogP contribution < -0.4 is 0 Å². The van der Waals surface area contributed by atoms with Crippen molar-refractivity contribution >= 4 is 5.84 Å². The number of hydrogen-bond acceptors (Lipinski definition) is 1. The fourth-order valence-corrected chi connectivity index (χ4v) is 3.69. The summed E-state index contributed by atoms with van der Waals surface area (Å²) in [6.45, 7) is 1.33. The van der Waals surface area contributed by atoms with Crippen LogP contribution in [0.15, 0.2) is 60.7 Å². The van der Waals surface area contributed by atoms with Crippen molar-refractivity contribution in [2.24, 2.45) is 0 Å². The largest absolute Gasteiger partial charge is 0.286 e. The maximum atomic E-state index is 14.7. The van der Waals surface area contributed by atoms with E-state index in [9.17, 15) is 22.0 Å². The predicted octanol–water partition coefficient (Wildman–Crippen LogP) is 4.86. The Morgan fingerprint density at radius 1 is 0.667 bits per heavy atom. The Kier molecular flexibility index (Phi) is 5.53. The molecule has 3 aromatic carbocycles. The van der Waals surface area contributed by atoms with Crippen LogP contribution in [0.3, 0.4) is 0 Å². The minimum Gasteiger partial charge on any atom is -0.253 e. The second-order valence-corrected chi connectivity index (χ2v) is 7.08. The highest BCUT2D eigenvalue weighted by atomic mass is 19.2.